The van der Waals surface area contributed by atoms with Gasteiger partial charge in [0.25, 0.3) is 0 Å². The van der Waals surface area contributed by atoms with E-state index in [1.165, 1.54) is 24.1 Å². The third-order valence-corrected chi connectivity index (χ3v) is 3.97. The minimum Gasteiger partial charge on any atom is -0.378 e. The summed E-state index contributed by atoms with van der Waals surface area (Å²) >= 11 is 0. The first-order valence-electron chi connectivity index (χ1n) is 7.85. The van der Waals surface area contributed by atoms with Gasteiger partial charge in [-0.1, -0.05) is 12.1 Å². The second-order valence-electron chi connectivity index (χ2n) is 6.04. The number of hydrogen-bond donors (Lipinski definition) is 1. The molecule has 0 radical (unpaired) electrons. The summed E-state index contributed by atoms with van der Waals surface area (Å²) in [6.45, 7) is 4.92. The molecule has 21 heavy (non-hydrogen) atoms. The van der Waals surface area contributed by atoms with E-state index in [0.29, 0.717) is 13.1 Å². The van der Waals surface area contributed by atoms with Crippen LogP contribution in [0.2, 0.25) is 0 Å². The van der Waals surface area contributed by atoms with Gasteiger partial charge in [0.1, 0.15) is 0 Å². The number of nitrogens with one attached hydrogen (secondary N) is 1. The smallest absolute Gasteiger partial charge is 0.236 e. The van der Waals surface area contributed by atoms with Crippen LogP contribution in [0.5, 0.6) is 0 Å². The zero-order valence-corrected chi connectivity index (χ0v) is 13.4. The molecule has 1 saturated carbocycles. The van der Waals surface area contributed by atoms with Gasteiger partial charge < -0.3 is 15.1 Å². The summed E-state index contributed by atoms with van der Waals surface area (Å²) in [6.07, 6.45) is 2.63. The van der Waals surface area contributed by atoms with Crippen LogP contribution in [0.25, 0.3) is 0 Å². The quantitative estimate of drug-likeness (QED) is 0.796. The van der Waals surface area contributed by atoms with Gasteiger partial charge in [0.05, 0.1) is 6.54 Å². The highest BCUT2D eigenvalue weighted by atomic mass is 16.2. The highest BCUT2D eigenvalue weighted by Gasteiger charge is 2.21. The van der Waals surface area contributed by atoms with Gasteiger partial charge in [-0.05, 0) is 49.9 Å². The van der Waals surface area contributed by atoms with E-state index in [2.05, 4.69) is 34.5 Å². The molecule has 0 atom stereocenters. The van der Waals surface area contributed by atoms with Gasteiger partial charge in [0.15, 0.2) is 0 Å². The van der Waals surface area contributed by atoms with Crippen molar-refractivity contribution in [1.29, 1.82) is 0 Å². The Morgan fingerprint density at radius 2 is 1.90 bits per heavy atom. The normalized spacial score (nSPS) is 14.0. The lowest BCUT2D eigenvalue weighted by Crippen LogP contribution is -2.38. The maximum Gasteiger partial charge on any atom is 0.236 e. The fourth-order valence-corrected chi connectivity index (χ4v) is 2.31. The number of likely N-dealkylation sites (N-methyl/N-ethyl adjacent to an activating group) is 1. The van der Waals surface area contributed by atoms with Crippen molar-refractivity contribution in [2.75, 3.05) is 38.6 Å². The summed E-state index contributed by atoms with van der Waals surface area (Å²) in [5.74, 6) is 1.00. The first-order chi connectivity index (χ1) is 10.1. The number of anilines is 1. The lowest BCUT2D eigenvalue weighted by Gasteiger charge is -2.22. The van der Waals surface area contributed by atoms with Crippen molar-refractivity contribution >= 4 is 11.6 Å². The van der Waals surface area contributed by atoms with Crippen LogP contribution in [0.3, 0.4) is 0 Å². The zero-order valence-electron chi connectivity index (χ0n) is 13.4. The van der Waals surface area contributed by atoms with Crippen molar-refractivity contribution < 1.29 is 4.79 Å². The first kappa shape index (κ1) is 15.8. The van der Waals surface area contributed by atoms with Gasteiger partial charge in [-0.25, -0.2) is 0 Å². The molecule has 4 heteroatoms. The Kier molecular flexibility index (Phi) is 5.62. The number of hydrogen-bond acceptors (Lipinski definition) is 3. The predicted octanol–water partition coefficient (Wildman–Crippen LogP) is 2.10. The molecule has 4 nitrogen and oxygen atoms in total. The van der Waals surface area contributed by atoms with Gasteiger partial charge in [-0.2, -0.15) is 0 Å². The van der Waals surface area contributed by atoms with Crippen molar-refractivity contribution in [1.82, 2.24) is 10.2 Å². The van der Waals surface area contributed by atoms with Crippen LogP contribution >= 0.6 is 0 Å². The second kappa shape index (κ2) is 7.46. The minimum atomic E-state index is 0.190. The topological polar surface area (TPSA) is 35.6 Å². The molecule has 1 aliphatic rings. The number of carbonyl (C=O) groups excluding carboxylic acids is 1. The molecular formula is C17H27N3O. The van der Waals surface area contributed by atoms with Crippen molar-refractivity contribution in [3.8, 4) is 0 Å². The Balaban J connectivity index is 1.83. The number of rotatable bonds is 8. The summed E-state index contributed by atoms with van der Waals surface area (Å²) in [5.41, 5.74) is 2.36. The number of carbonyl (C=O) groups is 1. The summed E-state index contributed by atoms with van der Waals surface area (Å²) in [6, 6.07) is 8.39. The molecule has 0 unspecified atom stereocenters. The second-order valence-corrected chi connectivity index (χ2v) is 6.04. The average molecular weight is 289 g/mol. The van der Waals surface area contributed by atoms with E-state index >= 15 is 0 Å². The standard InChI is InChI=1S/C17H27N3O/c1-4-20(17(21)12-18-11-14-5-6-14)13-15-7-9-16(10-8-15)19(2)3/h7-10,14,18H,4-6,11-13H2,1-3H3. The molecule has 1 aliphatic carbocycles. The molecule has 116 valence electrons. The van der Waals surface area contributed by atoms with Gasteiger partial charge in [0, 0.05) is 32.9 Å². The highest BCUT2D eigenvalue weighted by Crippen LogP contribution is 2.27. The van der Waals surface area contributed by atoms with Crippen LogP contribution in [0, 0.1) is 5.92 Å². The number of amides is 1. The fraction of sp³-hybridized carbons (Fsp3) is 0.588. The largest absolute Gasteiger partial charge is 0.378 e. The van der Waals surface area contributed by atoms with Crippen LogP contribution in [-0.2, 0) is 11.3 Å². The Hall–Kier alpha value is -1.55. The Morgan fingerprint density at radius 3 is 2.43 bits per heavy atom. The van der Waals surface area contributed by atoms with E-state index in [1.807, 2.05) is 25.9 Å². The zero-order chi connectivity index (χ0) is 15.2. The molecule has 1 N–H and O–H groups in total. The van der Waals surface area contributed by atoms with Crippen LogP contribution in [0.4, 0.5) is 5.69 Å². The fourth-order valence-electron chi connectivity index (χ4n) is 2.31. The Morgan fingerprint density at radius 1 is 1.24 bits per heavy atom. The molecule has 1 amide bonds. The van der Waals surface area contributed by atoms with E-state index < -0.39 is 0 Å². The molecule has 0 heterocycles. The molecule has 1 aromatic rings. The first-order valence-corrected chi connectivity index (χ1v) is 7.85. The minimum absolute atomic E-state index is 0.190. The number of nitrogens with zero attached hydrogens (tertiary/aromatic N) is 2. The molecule has 1 aromatic carbocycles. The van der Waals surface area contributed by atoms with E-state index in [0.717, 1.165) is 19.0 Å². The molecule has 2 rings (SSSR count). The van der Waals surface area contributed by atoms with Gasteiger partial charge >= 0.3 is 0 Å². The van der Waals surface area contributed by atoms with Gasteiger partial charge in [-0.3, -0.25) is 4.79 Å². The van der Waals surface area contributed by atoms with E-state index in [4.69, 9.17) is 0 Å². The monoisotopic (exact) mass is 289 g/mol. The lowest BCUT2D eigenvalue weighted by molar-refractivity contribution is -0.130. The summed E-state index contributed by atoms with van der Waals surface area (Å²) in [7, 11) is 4.06. The molecule has 0 aliphatic heterocycles. The predicted molar refractivity (Wildman–Crippen MR) is 87.5 cm³/mol. The molecule has 0 aromatic heterocycles. The lowest BCUT2D eigenvalue weighted by atomic mass is 10.2. The molecule has 0 bridgehead atoms. The summed E-state index contributed by atoms with van der Waals surface area (Å²) in [4.78, 5) is 16.2. The number of benzene rings is 1. The molecular weight excluding hydrogens is 262 g/mol. The molecule has 0 spiro atoms. The molecule has 1 fully saturated rings. The van der Waals surface area contributed by atoms with E-state index in [1.54, 1.807) is 0 Å². The van der Waals surface area contributed by atoms with Crippen LogP contribution in [0.15, 0.2) is 24.3 Å². The van der Waals surface area contributed by atoms with Crippen LogP contribution in [0.1, 0.15) is 25.3 Å². The summed E-state index contributed by atoms with van der Waals surface area (Å²) < 4.78 is 0. The van der Waals surface area contributed by atoms with Crippen LogP contribution < -0.4 is 10.2 Å². The average Bonchev–Trinajstić information content (AvgIpc) is 3.29. The van der Waals surface area contributed by atoms with Crippen molar-refractivity contribution in [2.24, 2.45) is 5.92 Å². The third kappa shape index (κ3) is 5.05. The van der Waals surface area contributed by atoms with Gasteiger partial charge in [0.2, 0.25) is 5.91 Å². The van der Waals surface area contributed by atoms with Gasteiger partial charge in [-0.15, -0.1) is 0 Å². The maximum atomic E-state index is 12.2. The Bertz CT molecular complexity index is 452. The summed E-state index contributed by atoms with van der Waals surface area (Å²) in [5, 5.41) is 3.27. The maximum absolute atomic E-state index is 12.2. The third-order valence-electron chi connectivity index (χ3n) is 3.97. The van der Waals surface area contributed by atoms with E-state index in [9.17, 15) is 4.79 Å². The van der Waals surface area contributed by atoms with Crippen molar-refractivity contribution in [3.63, 3.8) is 0 Å². The van der Waals surface area contributed by atoms with Crippen LogP contribution in [-0.4, -0.2) is 44.5 Å². The SMILES string of the molecule is CCN(Cc1ccc(N(C)C)cc1)C(=O)CNCC1CC1. The highest BCUT2D eigenvalue weighted by molar-refractivity contribution is 5.78. The van der Waals surface area contributed by atoms with Crippen molar-refractivity contribution in [2.45, 2.75) is 26.3 Å². The van der Waals surface area contributed by atoms with Crippen molar-refractivity contribution in [3.05, 3.63) is 29.8 Å². The van der Waals surface area contributed by atoms with E-state index in [-0.39, 0.29) is 5.91 Å². The molecule has 0 saturated heterocycles. The Labute approximate surface area is 128 Å².